The van der Waals surface area contributed by atoms with E-state index in [1.54, 1.807) is 7.11 Å². The lowest BCUT2D eigenvalue weighted by Gasteiger charge is -2.38. The minimum absolute atomic E-state index is 0.226. The van der Waals surface area contributed by atoms with Gasteiger partial charge in [0.25, 0.3) is 0 Å². The van der Waals surface area contributed by atoms with E-state index in [0.717, 1.165) is 36.6 Å². The Morgan fingerprint density at radius 3 is 2.95 bits per heavy atom. The zero-order valence-electron chi connectivity index (χ0n) is 12.9. The third-order valence-corrected chi connectivity index (χ3v) is 5.96. The summed E-state index contributed by atoms with van der Waals surface area (Å²) >= 11 is 0. The molecule has 4 nitrogen and oxygen atoms in total. The van der Waals surface area contributed by atoms with Crippen LogP contribution >= 0.6 is 0 Å². The Bertz CT molecular complexity index is 669. The van der Waals surface area contributed by atoms with E-state index < -0.39 is 0 Å². The van der Waals surface area contributed by atoms with E-state index in [4.69, 9.17) is 14.2 Å². The Morgan fingerprint density at radius 1 is 1.23 bits per heavy atom. The minimum atomic E-state index is 0.226. The number of nitrogens with zero attached hydrogens (tertiary/aromatic N) is 1. The molecule has 1 unspecified atom stereocenters. The van der Waals surface area contributed by atoms with Gasteiger partial charge >= 0.3 is 0 Å². The molecule has 1 aromatic carbocycles. The Morgan fingerprint density at radius 2 is 2.09 bits per heavy atom. The number of hydrogen-bond donors (Lipinski definition) is 0. The maximum absolute atomic E-state index is 5.63. The van der Waals surface area contributed by atoms with E-state index >= 15 is 0 Å². The van der Waals surface area contributed by atoms with Crippen LogP contribution in [0.4, 0.5) is 0 Å². The van der Waals surface area contributed by atoms with Crippen molar-refractivity contribution in [3.05, 3.63) is 35.1 Å². The van der Waals surface area contributed by atoms with Gasteiger partial charge in [0, 0.05) is 24.4 Å². The minimum Gasteiger partial charge on any atom is -0.501 e. The van der Waals surface area contributed by atoms with Crippen LogP contribution in [0.15, 0.2) is 24.0 Å². The maximum atomic E-state index is 5.63. The highest BCUT2D eigenvalue weighted by molar-refractivity contribution is 5.53. The van der Waals surface area contributed by atoms with E-state index in [1.807, 2.05) is 0 Å². The van der Waals surface area contributed by atoms with E-state index in [-0.39, 0.29) is 5.54 Å². The molecular weight excluding hydrogens is 278 g/mol. The fourth-order valence-electron chi connectivity index (χ4n) is 4.94. The highest BCUT2D eigenvalue weighted by Crippen LogP contribution is 2.54. The number of methoxy groups -OCH3 is 1. The fourth-order valence-corrected chi connectivity index (χ4v) is 4.94. The first-order chi connectivity index (χ1) is 10.8. The lowest BCUT2D eigenvalue weighted by molar-refractivity contribution is 0.125. The molecule has 1 spiro atoms. The first-order valence-electron chi connectivity index (χ1n) is 8.22. The zero-order chi connectivity index (χ0) is 14.7. The highest BCUT2D eigenvalue weighted by Gasteiger charge is 2.52. The first kappa shape index (κ1) is 12.8. The molecular formula is C18H21NO3. The van der Waals surface area contributed by atoms with Gasteiger partial charge in [-0.1, -0.05) is 0 Å². The molecule has 0 bridgehead atoms. The van der Waals surface area contributed by atoms with Crippen LogP contribution in [-0.2, 0) is 11.2 Å². The Labute approximate surface area is 130 Å². The Hall–Kier alpha value is -1.68. The van der Waals surface area contributed by atoms with Crippen LogP contribution in [0.3, 0.4) is 0 Å². The van der Waals surface area contributed by atoms with Crippen LogP contribution in [0.2, 0.25) is 0 Å². The maximum Gasteiger partial charge on any atom is 0.231 e. The molecule has 0 saturated carbocycles. The molecule has 1 aliphatic carbocycles. The second-order valence-electron chi connectivity index (χ2n) is 6.84. The molecule has 0 N–H and O–H groups in total. The normalized spacial score (nSPS) is 32.0. The van der Waals surface area contributed by atoms with Crippen LogP contribution in [-0.4, -0.2) is 37.4 Å². The van der Waals surface area contributed by atoms with Gasteiger partial charge in [0.1, 0.15) is 0 Å². The van der Waals surface area contributed by atoms with Crippen LogP contribution in [0.5, 0.6) is 11.5 Å². The average molecular weight is 299 g/mol. The largest absolute Gasteiger partial charge is 0.501 e. The standard InChI is InChI=1S/C18H21NO3/c1-20-13-8-15-14-9-17-16(21-11-22-17)7-12(14)3-6-19-5-2-4-18(15,19)10-13/h7-9,15H,2-6,10-11H2,1H3/t15?,18-/m0/s1. The second kappa shape index (κ2) is 4.42. The van der Waals surface area contributed by atoms with Gasteiger partial charge in [0.2, 0.25) is 6.79 Å². The van der Waals surface area contributed by atoms with Crippen LogP contribution in [0, 0.1) is 0 Å². The molecule has 5 rings (SSSR count). The summed E-state index contributed by atoms with van der Waals surface area (Å²) in [4.78, 5) is 2.70. The smallest absolute Gasteiger partial charge is 0.231 e. The third-order valence-electron chi connectivity index (χ3n) is 5.96. The summed E-state index contributed by atoms with van der Waals surface area (Å²) < 4.78 is 16.8. The van der Waals surface area contributed by atoms with Crippen molar-refractivity contribution in [3.63, 3.8) is 0 Å². The SMILES string of the molecule is COC1=CC2c3cc4c(cc3CCN3CCC[C@]23C1)OCO4. The van der Waals surface area contributed by atoms with E-state index in [9.17, 15) is 0 Å². The molecule has 3 heterocycles. The van der Waals surface area contributed by atoms with Crippen molar-refractivity contribution in [1.29, 1.82) is 0 Å². The summed E-state index contributed by atoms with van der Waals surface area (Å²) in [6.45, 7) is 2.69. The van der Waals surface area contributed by atoms with Gasteiger partial charge in [-0.25, -0.2) is 0 Å². The van der Waals surface area contributed by atoms with Gasteiger partial charge in [-0.05, 0) is 55.1 Å². The average Bonchev–Trinajstić information content (AvgIpc) is 3.22. The van der Waals surface area contributed by atoms with Crippen molar-refractivity contribution in [2.24, 2.45) is 0 Å². The molecule has 1 fully saturated rings. The molecule has 4 heteroatoms. The molecule has 4 aliphatic rings. The third kappa shape index (κ3) is 1.56. The summed E-state index contributed by atoms with van der Waals surface area (Å²) in [6.07, 6.45) is 7.04. The van der Waals surface area contributed by atoms with Gasteiger partial charge in [0.15, 0.2) is 11.5 Å². The number of benzene rings is 1. The Kier molecular flexibility index (Phi) is 2.57. The monoisotopic (exact) mass is 299 g/mol. The van der Waals surface area contributed by atoms with Crippen molar-refractivity contribution in [2.75, 3.05) is 27.0 Å². The van der Waals surface area contributed by atoms with Crippen LogP contribution in [0.1, 0.15) is 36.3 Å². The molecule has 1 aromatic rings. The van der Waals surface area contributed by atoms with Gasteiger partial charge in [-0.15, -0.1) is 0 Å². The van der Waals surface area contributed by atoms with E-state index in [0.29, 0.717) is 12.7 Å². The topological polar surface area (TPSA) is 30.9 Å². The first-order valence-corrected chi connectivity index (χ1v) is 8.22. The highest BCUT2D eigenvalue weighted by atomic mass is 16.7. The lowest BCUT2D eigenvalue weighted by atomic mass is 9.79. The summed E-state index contributed by atoms with van der Waals surface area (Å²) in [6, 6.07) is 4.42. The number of rotatable bonds is 1. The fraction of sp³-hybridized carbons (Fsp3) is 0.556. The van der Waals surface area contributed by atoms with Crippen molar-refractivity contribution < 1.29 is 14.2 Å². The van der Waals surface area contributed by atoms with Gasteiger partial charge in [-0.2, -0.15) is 0 Å². The van der Waals surface area contributed by atoms with Crippen LogP contribution < -0.4 is 9.47 Å². The predicted molar refractivity (Wildman–Crippen MR) is 82.3 cm³/mol. The van der Waals surface area contributed by atoms with Gasteiger partial charge in [0.05, 0.1) is 12.9 Å². The molecule has 0 amide bonds. The predicted octanol–water partition coefficient (Wildman–Crippen LogP) is 2.82. The number of fused-ring (bicyclic) bond motifs is 3. The summed E-state index contributed by atoms with van der Waals surface area (Å²) in [5.41, 5.74) is 3.06. The van der Waals surface area contributed by atoms with Gasteiger partial charge in [-0.3, -0.25) is 4.90 Å². The quantitative estimate of drug-likeness (QED) is 0.798. The number of ether oxygens (including phenoxy) is 3. The summed E-state index contributed by atoms with van der Waals surface area (Å²) in [5.74, 6) is 3.36. The van der Waals surface area contributed by atoms with Crippen molar-refractivity contribution >= 4 is 0 Å². The summed E-state index contributed by atoms with van der Waals surface area (Å²) in [7, 11) is 1.80. The van der Waals surface area contributed by atoms with Crippen molar-refractivity contribution in [1.82, 2.24) is 4.90 Å². The molecule has 0 radical (unpaired) electrons. The van der Waals surface area contributed by atoms with Crippen LogP contribution in [0.25, 0.3) is 0 Å². The lowest BCUT2D eigenvalue weighted by Crippen LogP contribution is -2.45. The molecule has 3 aliphatic heterocycles. The second-order valence-corrected chi connectivity index (χ2v) is 6.84. The molecule has 2 atom stereocenters. The molecule has 116 valence electrons. The summed E-state index contributed by atoms with van der Waals surface area (Å²) in [5, 5.41) is 0. The Balaban J connectivity index is 1.69. The van der Waals surface area contributed by atoms with Gasteiger partial charge < -0.3 is 14.2 Å². The van der Waals surface area contributed by atoms with Crippen molar-refractivity contribution in [3.8, 4) is 11.5 Å². The molecule has 22 heavy (non-hydrogen) atoms. The molecule has 1 saturated heterocycles. The van der Waals surface area contributed by atoms with Crippen molar-refractivity contribution in [2.45, 2.75) is 37.1 Å². The van der Waals surface area contributed by atoms with E-state index in [1.165, 1.54) is 30.5 Å². The van der Waals surface area contributed by atoms with E-state index in [2.05, 4.69) is 23.1 Å². The zero-order valence-corrected chi connectivity index (χ0v) is 12.9. The molecule has 0 aromatic heterocycles. The number of hydrogen-bond acceptors (Lipinski definition) is 4.